The average molecular weight is 418 g/mol. The van der Waals surface area contributed by atoms with Crippen LogP contribution < -0.4 is 20.5 Å². The molecule has 1 atom stereocenters. The molecule has 0 bridgehead atoms. The summed E-state index contributed by atoms with van der Waals surface area (Å²) in [6, 6.07) is 7.73. The zero-order valence-corrected chi connectivity index (χ0v) is 17.9. The lowest BCUT2D eigenvalue weighted by molar-refractivity contribution is -0.215. The van der Waals surface area contributed by atoms with E-state index in [1.54, 1.807) is 4.90 Å². The van der Waals surface area contributed by atoms with Crippen LogP contribution in [0, 0.1) is 0 Å². The van der Waals surface area contributed by atoms with Gasteiger partial charge in [0.05, 0.1) is 24.0 Å². The lowest BCUT2D eigenvalue weighted by Crippen LogP contribution is -2.45. The lowest BCUT2D eigenvalue weighted by atomic mass is 10.1. The second kappa shape index (κ2) is 9.92. The molecule has 1 aromatic carbocycles. The van der Waals surface area contributed by atoms with Gasteiger partial charge >= 0.3 is 0 Å². The van der Waals surface area contributed by atoms with E-state index in [1.807, 2.05) is 45.0 Å². The fraction of sp³-hybridized carbons (Fsp3) is 0.524. The first kappa shape index (κ1) is 22.1. The van der Waals surface area contributed by atoms with E-state index >= 15 is 0 Å². The Morgan fingerprint density at radius 1 is 1.27 bits per heavy atom. The highest BCUT2D eigenvalue weighted by atomic mass is 16.7. The molecular formula is C21H30N4O5. The SMILES string of the molecule is CCOc1ccc(CNc2nc3c(c(=O)n2OC)CN(C(O)OC(C)C)CC3)cc1. The highest BCUT2D eigenvalue weighted by Crippen LogP contribution is 2.19. The number of hydrogen-bond acceptors (Lipinski definition) is 8. The molecule has 9 nitrogen and oxygen atoms in total. The van der Waals surface area contributed by atoms with Gasteiger partial charge in [-0.25, -0.2) is 4.98 Å². The number of nitrogens with zero attached hydrogens (tertiary/aromatic N) is 3. The van der Waals surface area contributed by atoms with Gasteiger partial charge in [-0.2, -0.15) is 0 Å². The quantitative estimate of drug-likeness (QED) is 0.590. The maximum absolute atomic E-state index is 13.0. The summed E-state index contributed by atoms with van der Waals surface area (Å²) < 4.78 is 12.0. The molecule has 0 spiro atoms. The van der Waals surface area contributed by atoms with Gasteiger partial charge in [0, 0.05) is 26.1 Å². The van der Waals surface area contributed by atoms with Crippen LogP contribution in [0.5, 0.6) is 5.75 Å². The summed E-state index contributed by atoms with van der Waals surface area (Å²) in [5.74, 6) is 1.16. The van der Waals surface area contributed by atoms with Crippen LogP contribution in [0.4, 0.5) is 5.95 Å². The van der Waals surface area contributed by atoms with Crippen LogP contribution >= 0.6 is 0 Å². The average Bonchev–Trinajstić information content (AvgIpc) is 2.73. The number of aliphatic hydroxyl groups is 1. The zero-order chi connectivity index (χ0) is 21.7. The van der Waals surface area contributed by atoms with Crippen molar-refractivity contribution in [2.45, 2.75) is 52.8 Å². The number of fused-ring (bicyclic) bond motifs is 1. The largest absolute Gasteiger partial charge is 0.494 e. The molecule has 1 aliphatic heterocycles. The second-order valence-electron chi connectivity index (χ2n) is 7.30. The van der Waals surface area contributed by atoms with Crippen molar-refractivity contribution in [1.82, 2.24) is 14.6 Å². The van der Waals surface area contributed by atoms with E-state index in [0.29, 0.717) is 43.3 Å². The van der Waals surface area contributed by atoms with Crippen molar-refractivity contribution in [3.8, 4) is 5.75 Å². The maximum Gasteiger partial charge on any atom is 0.292 e. The third-order valence-electron chi connectivity index (χ3n) is 4.80. The molecule has 0 saturated heterocycles. The Kier molecular flexibility index (Phi) is 7.30. The number of nitrogens with one attached hydrogen (secondary N) is 1. The number of ether oxygens (including phenoxy) is 2. The summed E-state index contributed by atoms with van der Waals surface area (Å²) in [5.41, 5.74) is 1.93. The molecule has 0 aliphatic carbocycles. The number of aromatic nitrogens is 2. The lowest BCUT2D eigenvalue weighted by Gasteiger charge is -2.32. The molecule has 0 radical (unpaired) electrons. The van der Waals surface area contributed by atoms with Crippen molar-refractivity contribution in [2.75, 3.05) is 25.6 Å². The van der Waals surface area contributed by atoms with Crippen molar-refractivity contribution < 1.29 is 19.4 Å². The highest BCUT2D eigenvalue weighted by molar-refractivity contribution is 5.35. The summed E-state index contributed by atoms with van der Waals surface area (Å²) in [4.78, 5) is 24.6. The zero-order valence-electron chi connectivity index (χ0n) is 17.9. The monoisotopic (exact) mass is 418 g/mol. The molecule has 1 aromatic heterocycles. The minimum atomic E-state index is -1.06. The number of rotatable bonds is 9. The summed E-state index contributed by atoms with van der Waals surface area (Å²) in [6.45, 7) is 7.54. The molecule has 2 heterocycles. The maximum atomic E-state index is 13.0. The Hall–Kier alpha value is -2.62. The van der Waals surface area contributed by atoms with Gasteiger partial charge in [0.2, 0.25) is 12.4 Å². The Labute approximate surface area is 176 Å². The van der Waals surface area contributed by atoms with Crippen LogP contribution in [0.3, 0.4) is 0 Å². The molecular weight excluding hydrogens is 388 g/mol. The molecule has 0 fully saturated rings. The Morgan fingerprint density at radius 2 is 2.00 bits per heavy atom. The summed E-state index contributed by atoms with van der Waals surface area (Å²) in [5, 5.41) is 13.4. The van der Waals surface area contributed by atoms with Crippen LogP contribution in [0.25, 0.3) is 0 Å². The fourth-order valence-corrected chi connectivity index (χ4v) is 3.33. The van der Waals surface area contributed by atoms with Crippen molar-refractivity contribution in [3.05, 3.63) is 51.4 Å². The standard InChI is InChI=1S/C21H30N4O5/c1-5-29-16-8-6-15(7-9-16)12-22-20-23-18-10-11-24(21(27)30-14(2)3)13-17(18)19(26)25(20)28-4/h6-9,14,21,27H,5,10-13H2,1-4H3,(H,22,23). The number of benzene rings is 1. The summed E-state index contributed by atoms with van der Waals surface area (Å²) in [6.07, 6.45) is -0.652. The number of aliphatic hydroxyl groups excluding tert-OH is 1. The highest BCUT2D eigenvalue weighted by Gasteiger charge is 2.28. The van der Waals surface area contributed by atoms with Crippen LogP contribution in [0.2, 0.25) is 0 Å². The first-order valence-electron chi connectivity index (χ1n) is 10.1. The molecule has 0 amide bonds. The number of hydrogen-bond donors (Lipinski definition) is 2. The normalized spacial score (nSPS) is 15.0. The molecule has 0 saturated carbocycles. The Morgan fingerprint density at radius 3 is 2.63 bits per heavy atom. The molecule has 3 rings (SSSR count). The Bertz CT molecular complexity index is 898. The van der Waals surface area contributed by atoms with Gasteiger partial charge in [0.1, 0.15) is 12.9 Å². The first-order valence-corrected chi connectivity index (χ1v) is 10.1. The van der Waals surface area contributed by atoms with Crippen LogP contribution in [0.15, 0.2) is 29.1 Å². The molecule has 2 N–H and O–H groups in total. The topological polar surface area (TPSA) is 98.1 Å². The summed E-state index contributed by atoms with van der Waals surface area (Å²) in [7, 11) is 1.43. The Balaban J connectivity index is 1.76. The van der Waals surface area contributed by atoms with Gasteiger partial charge < -0.3 is 24.7 Å². The predicted molar refractivity (Wildman–Crippen MR) is 112 cm³/mol. The molecule has 30 heavy (non-hydrogen) atoms. The van der Waals surface area contributed by atoms with Gasteiger partial charge in [-0.3, -0.25) is 9.69 Å². The van der Waals surface area contributed by atoms with Gasteiger partial charge in [-0.05, 0) is 38.5 Å². The fourth-order valence-electron chi connectivity index (χ4n) is 3.33. The van der Waals surface area contributed by atoms with Crippen LogP contribution in [-0.4, -0.2) is 52.5 Å². The van der Waals surface area contributed by atoms with Crippen molar-refractivity contribution >= 4 is 5.95 Å². The van der Waals surface area contributed by atoms with E-state index in [1.165, 1.54) is 7.11 Å². The van der Waals surface area contributed by atoms with E-state index in [-0.39, 0.29) is 18.2 Å². The summed E-state index contributed by atoms with van der Waals surface area (Å²) >= 11 is 0. The van der Waals surface area contributed by atoms with Crippen molar-refractivity contribution in [3.63, 3.8) is 0 Å². The smallest absolute Gasteiger partial charge is 0.292 e. The van der Waals surface area contributed by atoms with Crippen LogP contribution in [-0.2, 0) is 24.2 Å². The van der Waals surface area contributed by atoms with Crippen molar-refractivity contribution in [2.24, 2.45) is 0 Å². The predicted octanol–water partition coefficient (Wildman–Crippen LogP) is 1.37. The van der Waals surface area contributed by atoms with Crippen molar-refractivity contribution in [1.29, 1.82) is 0 Å². The van der Waals surface area contributed by atoms with E-state index in [9.17, 15) is 9.90 Å². The minimum absolute atomic E-state index is 0.121. The number of anilines is 1. The second-order valence-corrected chi connectivity index (χ2v) is 7.30. The van der Waals surface area contributed by atoms with E-state index in [2.05, 4.69) is 10.3 Å². The molecule has 1 unspecified atom stereocenters. The van der Waals surface area contributed by atoms with Gasteiger partial charge in [-0.1, -0.05) is 12.1 Å². The van der Waals surface area contributed by atoms with E-state index in [4.69, 9.17) is 14.3 Å². The van der Waals surface area contributed by atoms with Gasteiger partial charge in [0.25, 0.3) is 5.56 Å². The molecule has 2 aromatic rings. The minimum Gasteiger partial charge on any atom is -0.494 e. The molecule has 164 valence electrons. The van der Waals surface area contributed by atoms with Gasteiger partial charge in [0.15, 0.2) is 0 Å². The molecule has 9 heteroatoms. The molecule has 1 aliphatic rings. The van der Waals surface area contributed by atoms with Gasteiger partial charge in [-0.15, -0.1) is 4.73 Å². The van der Waals surface area contributed by atoms with E-state index < -0.39 is 6.41 Å². The third-order valence-corrected chi connectivity index (χ3v) is 4.80. The third kappa shape index (κ3) is 5.10. The van der Waals surface area contributed by atoms with Crippen LogP contribution in [0.1, 0.15) is 37.6 Å². The van der Waals surface area contributed by atoms with E-state index in [0.717, 1.165) is 16.0 Å². The first-order chi connectivity index (χ1) is 14.4.